The van der Waals surface area contributed by atoms with E-state index in [9.17, 15) is 14.4 Å². The fourth-order valence-corrected chi connectivity index (χ4v) is 0.600. The van der Waals surface area contributed by atoms with Gasteiger partial charge in [-0.3, -0.25) is 10.1 Å². The SMILES string of the molecule is C[C@H](OCCC(=O)NC(N)=O)C(=O)O. The zero-order valence-electron chi connectivity index (χ0n) is 7.65. The van der Waals surface area contributed by atoms with E-state index in [1.54, 1.807) is 0 Å². The van der Waals surface area contributed by atoms with Crippen molar-refractivity contribution < 1.29 is 24.2 Å². The molecule has 0 rings (SSSR count). The van der Waals surface area contributed by atoms with Crippen LogP contribution in [0.1, 0.15) is 13.3 Å². The molecule has 3 amide bonds. The topological polar surface area (TPSA) is 119 Å². The lowest BCUT2D eigenvalue weighted by Crippen LogP contribution is -2.35. The average molecular weight is 204 g/mol. The van der Waals surface area contributed by atoms with Crippen molar-refractivity contribution in [2.75, 3.05) is 6.61 Å². The Balaban J connectivity index is 3.59. The van der Waals surface area contributed by atoms with Crippen molar-refractivity contribution in [2.24, 2.45) is 5.73 Å². The number of rotatable bonds is 5. The first-order chi connectivity index (χ1) is 6.43. The molecular formula is C7H12N2O5. The second-order valence-electron chi connectivity index (χ2n) is 2.51. The molecule has 0 aliphatic heterocycles. The van der Waals surface area contributed by atoms with E-state index in [1.807, 2.05) is 5.32 Å². The van der Waals surface area contributed by atoms with E-state index in [1.165, 1.54) is 6.92 Å². The molecule has 0 radical (unpaired) electrons. The predicted octanol–water partition coefficient (Wildman–Crippen LogP) is -0.939. The van der Waals surface area contributed by atoms with Crippen LogP contribution in [0.3, 0.4) is 0 Å². The lowest BCUT2D eigenvalue weighted by molar-refractivity contribution is -0.149. The number of aliphatic carboxylic acids is 1. The molecule has 7 nitrogen and oxygen atoms in total. The Labute approximate surface area is 80.2 Å². The molecule has 1 atom stereocenters. The van der Waals surface area contributed by atoms with E-state index in [4.69, 9.17) is 9.84 Å². The number of carbonyl (C=O) groups is 3. The minimum absolute atomic E-state index is 0.0768. The maximum absolute atomic E-state index is 10.8. The average Bonchev–Trinajstić information content (AvgIpc) is 2.02. The van der Waals surface area contributed by atoms with E-state index >= 15 is 0 Å². The molecule has 0 heterocycles. The van der Waals surface area contributed by atoms with Gasteiger partial charge in [0.25, 0.3) is 0 Å². The molecule has 0 aromatic rings. The number of nitrogens with two attached hydrogens (primary N) is 1. The number of carboxylic acids is 1. The normalized spacial score (nSPS) is 11.8. The zero-order chi connectivity index (χ0) is 11.1. The van der Waals surface area contributed by atoms with Crippen LogP contribution < -0.4 is 11.1 Å². The number of nitrogens with one attached hydrogen (secondary N) is 1. The van der Waals surface area contributed by atoms with E-state index < -0.39 is 24.0 Å². The molecule has 7 heteroatoms. The Morgan fingerprint density at radius 2 is 2.07 bits per heavy atom. The van der Waals surface area contributed by atoms with Gasteiger partial charge in [0.2, 0.25) is 5.91 Å². The highest BCUT2D eigenvalue weighted by molar-refractivity contribution is 5.93. The summed E-state index contributed by atoms with van der Waals surface area (Å²) in [6.45, 7) is 1.26. The summed E-state index contributed by atoms with van der Waals surface area (Å²) >= 11 is 0. The van der Waals surface area contributed by atoms with Gasteiger partial charge < -0.3 is 15.6 Å². The smallest absolute Gasteiger partial charge is 0.332 e. The summed E-state index contributed by atoms with van der Waals surface area (Å²) in [5.74, 6) is -1.71. The van der Waals surface area contributed by atoms with Gasteiger partial charge in [0.05, 0.1) is 13.0 Å². The Hall–Kier alpha value is -1.63. The fourth-order valence-electron chi connectivity index (χ4n) is 0.600. The lowest BCUT2D eigenvalue weighted by Gasteiger charge is -2.07. The highest BCUT2D eigenvalue weighted by Crippen LogP contribution is 1.92. The molecule has 0 fully saturated rings. The fraction of sp³-hybridized carbons (Fsp3) is 0.571. The maximum atomic E-state index is 10.8. The number of carbonyl (C=O) groups excluding carboxylic acids is 2. The number of imide groups is 1. The number of hydrogen-bond donors (Lipinski definition) is 3. The van der Waals surface area contributed by atoms with Crippen LogP contribution in [0.5, 0.6) is 0 Å². The third kappa shape index (κ3) is 5.95. The highest BCUT2D eigenvalue weighted by atomic mass is 16.5. The van der Waals surface area contributed by atoms with Crippen molar-refractivity contribution in [1.29, 1.82) is 0 Å². The molecule has 4 N–H and O–H groups in total. The van der Waals surface area contributed by atoms with Gasteiger partial charge in [0.1, 0.15) is 0 Å². The first-order valence-electron chi connectivity index (χ1n) is 3.87. The third-order valence-electron chi connectivity index (χ3n) is 1.31. The summed E-state index contributed by atoms with van der Waals surface area (Å²) in [5, 5.41) is 10.2. The van der Waals surface area contributed by atoms with Gasteiger partial charge in [-0.05, 0) is 6.92 Å². The highest BCUT2D eigenvalue weighted by Gasteiger charge is 2.11. The number of hydrogen-bond acceptors (Lipinski definition) is 4. The Bertz CT molecular complexity index is 240. The second-order valence-corrected chi connectivity index (χ2v) is 2.51. The predicted molar refractivity (Wildman–Crippen MR) is 45.4 cm³/mol. The minimum atomic E-state index is -1.11. The van der Waals surface area contributed by atoms with Gasteiger partial charge in [-0.15, -0.1) is 0 Å². The summed E-state index contributed by atoms with van der Waals surface area (Å²) in [7, 11) is 0. The van der Waals surface area contributed by atoms with Gasteiger partial charge in [-0.25, -0.2) is 9.59 Å². The van der Waals surface area contributed by atoms with Crippen molar-refractivity contribution in [1.82, 2.24) is 5.32 Å². The van der Waals surface area contributed by atoms with Gasteiger partial charge in [-0.1, -0.05) is 0 Å². The lowest BCUT2D eigenvalue weighted by atomic mass is 10.4. The van der Waals surface area contributed by atoms with Crippen LogP contribution in [0.25, 0.3) is 0 Å². The van der Waals surface area contributed by atoms with E-state index in [0.717, 1.165) is 0 Å². The summed E-state index contributed by atoms with van der Waals surface area (Å²) in [6, 6.07) is -0.943. The number of carboxylic acid groups (broad SMARTS) is 1. The van der Waals surface area contributed by atoms with Crippen molar-refractivity contribution >= 4 is 17.9 Å². The standard InChI is InChI=1S/C7H12N2O5/c1-4(6(11)12)14-3-2-5(10)9-7(8)13/h4H,2-3H2,1H3,(H,11,12)(H3,8,9,10,13)/t4-/m0/s1. The quantitative estimate of drug-likeness (QED) is 0.534. The molecule has 80 valence electrons. The zero-order valence-corrected chi connectivity index (χ0v) is 7.65. The number of primary amides is 1. The van der Waals surface area contributed by atoms with Gasteiger partial charge in [-0.2, -0.15) is 0 Å². The molecule has 0 spiro atoms. The third-order valence-corrected chi connectivity index (χ3v) is 1.31. The summed E-state index contributed by atoms with van der Waals surface area (Å²) in [6.07, 6.45) is -1.09. The number of amides is 3. The second kappa shape index (κ2) is 5.92. The van der Waals surface area contributed by atoms with Crippen molar-refractivity contribution in [3.05, 3.63) is 0 Å². The van der Waals surface area contributed by atoms with E-state index in [2.05, 4.69) is 5.73 Å². The molecule has 0 aromatic carbocycles. The molecule has 0 aliphatic carbocycles. The van der Waals surface area contributed by atoms with Crippen LogP contribution in [0.4, 0.5) is 4.79 Å². The Morgan fingerprint density at radius 1 is 1.50 bits per heavy atom. The van der Waals surface area contributed by atoms with Crippen LogP contribution in [0, 0.1) is 0 Å². The van der Waals surface area contributed by atoms with Crippen molar-refractivity contribution in [3.8, 4) is 0 Å². The first kappa shape index (κ1) is 12.4. The van der Waals surface area contributed by atoms with E-state index in [0.29, 0.717) is 0 Å². The molecule has 0 aliphatic rings. The van der Waals surface area contributed by atoms with Crippen LogP contribution >= 0.6 is 0 Å². The monoisotopic (exact) mass is 204 g/mol. The summed E-state index contributed by atoms with van der Waals surface area (Å²) < 4.78 is 4.74. The largest absolute Gasteiger partial charge is 0.479 e. The van der Waals surface area contributed by atoms with E-state index in [-0.39, 0.29) is 13.0 Å². The van der Waals surface area contributed by atoms with Crippen LogP contribution in [0.2, 0.25) is 0 Å². The molecule has 14 heavy (non-hydrogen) atoms. The molecule has 0 unspecified atom stereocenters. The molecule has 0 saturated heterocycles. The van der Waals surface area contributed by atoms with Crippen LogP contribution in [0.15, 0.2) is 0 Å². The molecular weight excluding hydrogens is 192 g/mol. The van der Waals surface area contributed by atoms with Crippen molar-refractivity contribution in [3.63, 3.8) is 0 Å². The Kier molecular flexibility index (Phi) is 5.23. The summed E-state index contributed by atoms with van der Waals surface area (Å²) in [5.41, 5.74) is 4.67. The van der Waals surface area contributed by atoms with Crippen molar-refractivity contribution in [2.45, 2.75) is 19.4 Å². The first-order valence-corrected chi connectivity index (χ1v) is 3.87. The Morgan fingerprint density at radius 3 is 2.50 bits per heavy atom. The van der Waals surface area contributed by atoms with Crippen LogP contribution in [-0.4, -0.2) is 35.7 Å². The van der Waals surface area contributed by atoms with Crippen LogP contribution in [-0.2, 0) is 14.3 Å². The number of urea groups is 1. The molecule has 0 aromatic heterocycles. The molecule has 0 bridgehead atoms. The minimum Gasteiger partial charge on any atom is -0.479 e. The summed E-state index contributed by atoms with van der Waals surface area (Å²) in [4.78, 5) is 31.2. The van der Waals surface area contributed by atoms with Gasteiger partial charge in [0, 0.05) is 0 Å². The van der Waals surface area contributed by atoms with Gasteiger partial charge in [0.15, 0.2) is 6.10 Å². The molecule has 0 saturated carbocycles. The van der Waals surface area contributed by atoms with Gasteiger partial charge >= 0.3 is 12.0 Å². The maximum Gasteiger partial charge on any atom is 0.332 e. The number of ether oxygens (including phenoxy) is 1.